The minimum atomic E-state index is -0.0218. The Morgan fingerprint density at radius 3 is 1.53 bits per heavy atom. The maximum absolute atomic E-state index is 12.0. The Morgan fingerprint density at radius 1 is 0.559 bits per heavy atom. The van der Waals surface area contributed by atoms with Crippen LogP contribution in [0.4, 0.5) is 0 Å². The van der Waals surface area contributed by atoms with Gasteiger partial charge < -0.3 is 9.47 Å². The van der Waals surface area contributed by atoms with Gasteiger partial charge in [-0.15, -0.1) is 0 Å². The van der Waals surface area contributed by atoms with Crippen LogP contribution >= 0.6 is 0 Å². The van der Waals surface area contributed by atoms with Crippen LogP contribution in [0.1, 0.15) is 150 Å². The SMILES string of the molecule is CCCCC(CC)COC(=O)CCCCCCCCC(C)CCC(=O)OCC(CC)CCCC. The van der Waals surface area contributed by atoms with Gasteiger partial charge in [0.2, 0.25) is 0 Å². The molecule has 0 N–H and O–H groups in total. The summed E-state index contributed by atoms with van der Waals surface area (Å²) in [7, 11) is 0. The summed E-state index contributed by atoms with van der Waals surface area (Å²) in [5.41, 5.74) is 0. The van der Waals surface area contributed by atoms with Gasteiger partial charge in [0, 0.05) is 12.8 Å². The molecule has 0 spiro atoms. The lowest BCUT2D eigenvalue weighted by molar-refractivity contribution is -0.146. The fourth-order valence-corrected chi connectivity index (χ4v) is 4.34. The van der Waals surface area contributed by atoms with Crippen LogP contribution in [-0.4, -0.2) is 25.2 Å². The summed E-state index contributed by atoms with van der Waals surface area (Å²) in [6, 6.07) is 0. The van der Waals surface area contributed by atoms with Crippen molar-refractivity contribution in [1.82, 2.24) is 0 Å². The summed E-state index contributed by atoms with van der Waals surface area (Å²) in [6.07, 6.45) is 19.6. The van der Waals surface area contributed by atoms with Gasteiger partial charge in [-0.2, -0.15) is 0 Å². The van der Waals surface area contributed by atoms with Gasteiger partial charge in [0.1, 0.15) is 0 Å². The molecule has 202 valence electrons. The van der Waals surface area contributed by atoms with Crippen LogP contribution in [-0.2, 0) is 19.1 Å². The molecule has 4 nitrogen and oxygen atoms in total. The number of hydrogen-bond acceptors (Lipinski definition) is 4. The van der Waals surface area contributed by atoms with Crippen molar-refractivity contribution in [1.29, 1.82) is 0 Å². The number of ether oxygens (including phenoxy) is 2. The monoisotopic (exact) mass is 482 g/mol. The minimum Gasteiger partial charge on any atom is -0.465 e. The van der Waals surface area contributed by atoms with Crippen LogP contribution in [0.2, 0.25) is 0 Å². The van der Waals surface area contributed by atoms with E-state index >= 15 is 0 Å². The second-order valence-corrected chi connectivity index (χ2v) is 10.5. The van der Waals surface area contributed by atoms with E-state index in [9.17, 15) is 9.59 Å². The lowest BCUT2D eigenvalue weighted by Crippen LogP contribution is -2.14. The van der Waals surface area contributed by atoms with E-state index in [1.165, 1.54) is 70.6 Å². The lowest BCUT2D eigenvalue weighted by atomic mass is 9.97. The topological polar surface area (TPSA) is 52.6 Å². The van der Waals surface area contributed by atoms with Crippen molar-refractivity contribution in [2.24, 2.45) is 17.8 Å². The van der Waals surface area contributed by atoms with Gasteiger partial charge in [-0.25, -0.2) is 0 Å². The largest absolute Gasteiger partial charge is 0.465 e. The van der Waals surface area contributed by atoms with Crippen LogP contribution in [0.5, 0.6) is 0 Å². The lowest BCUT2D eigenvalue weighted by Gasteiger charge is -2.15. The molecule has 3 atom stereocenters. The Labute approximate surface area is 212 Å². The Bertz CT molecular complexity index is 476. The average Bonchev–Trinajstić information content (AvgIpc) is 2.84. The van der Waals surface area contributed by atoms with Gasteiger partial charge in [-0.3, -0.25) is 9.59 Å². The minimum absolute atomic E-state index is 0.0199. The van der Waals surface area contributed by atoms with Crippen molar-refractivity contribution in [3.8, 4) is 0 Å². The van der Waals surface area contributed by atoms with Crippen molar-refractivity contribution < 1.29 is 19.1 Å². The van der Waals surface area contributed by atoms with Crippen molar-refractivity contribution in [2.45, 2.75) is 150 Å². The molecule has 0 amide bonds. The fraction of sp³-hybridized carbons (Fsp3) is 0.933. The predicted molar refractivity (Wildman–Crippen MR) is 144 cm³/mol. The first kappa shape index (κ1) is 32.9. The van der Waals surface area contributed by atoms with E-state index in [2.05, 4.69) is 34.6 Å². The normalized spacial score (nSPS) is 13.9. The van der Waals surface area contributed by atoms with Crippen molar-refractivity contribution >= 4 is 11.9 Å². The van der Waals surface area contributed by atoms with Crippen molar-refractivity contribution in [3.05, 3.63) is 0 Å². The third-order valence-corrected chi connectivity index (χ3v) is 7.22. The van der Waals surface area contributed by atoms with E-state index in [1.807, 2.05) is 0 Å². The molecule has 0 radical (unpaired) electrons. The maximum Gasteiger partial charge on any atom is 0.305 e. The van der Waals surface area contributed by atoms with Gasteiger partial charge in [0.05, 0.1) is 13.2 Å². The molecule has 0 aliphatic heterocycles. The molecular formula is C30H58O4. The maximum atomic E-state index is 12.0. The Balaban J connectivity index is 3.61. The highest BCUT2D eigenvalue weighted by Gasteiger charge is 2.12. The molecule has 0 saturated heterocycles. The fourth-order valence-electron chi connectivity index (χ4n) is 4.34. The summed E-state index contributed by atoms with van der Waals surface area (Å²) in [5.74, 6) is 1.59. The van der Waals surface area contributed by atoms with Crippen LogP contribution in [0, 0.1) is 17.8 Å². The smallest absolute Gasteiger partial charge is 0.305 e. The van der Waals surface area contributed by atoms with Gasteiger partial charge in [-0.05, 0) is 43.4 Å². The highest BCUT2D eigenvalue weighted by molar-refractivity contribution is 5.69. The Hall–Kier alpha value is -1.06. The van der Waals surface area contributed by atoms with Crippen LogP contribution in [0.15, 0.2) is 0 Å². The molecule has 34 heavy (non-hydrogen) atoms. The van der Waals surface area contributed by atoms with E-state index in [-0.39, 0.29) is 11.9 Å². The molecule has 3 unspecified atom stereocenters. The van der Waals surface area contributed by atoms with E-state index in [0.29, 0.717) is 43.8 Å². The Kier molecular flexibility index (Phi) is 22.9. The number of esters is 2. The molecule has 0 aromatic heterocycles. The molecule has 0 heterocycles. The number of rotatable bonds is 24. The van der Waals surface area contributed by atoms with Gasteiger partial charge >= 0.3 is 11.9 Å². The predicted octanol–water partition coefficient (Wildman–Crippen LogP) is 9.04. The van der Waals surface area contributed by atoms with Gasteiger partial charge in [0.15, 0.2) is 0 Å². The van der Waals surface area contributed by atoms with E-state index < -0.39 is 0 Å². The first-order chi connectivity index (χ1) is 16.5. The van der Waals surface area contributed by atoms with Crippen LogP contribution < -0.4 is 0 Å². The quantitative estimate of drug-likeness (QED) is 0.102. The third kappa shape index (κ3) is 20.3. The second-order valence-electron chi connectivity index (χ2n) is 10.5. The van der Waals surface area contributed by atoms with E-state index in [4.69, 9.17) is 9.47 Å². The molecule has 0 rings (SSSR count). The first-order valence-electron chi connectivity index (χ1n) is 14.8. The third-order valence-electron chi connectivity index (χ3n) is 7.22. The summed E-state index contributed by atoms with van der Waals surface area (Å²) in [4.78, 5) is 24.0. The van der Waals surface area contributed by atoms with E-state index in [0.717, 1.165) is 32.1 Å². The number of carbonyl (C=O) groups is 2. The number of unbranched alkanes of at least 4 members (excludes halogenated alkanes) is 7. The highest BCUT2D eigenvalue weighted by Crippen LogP contribution is 2.18. The molecule has 0 aliphatic carbocycles. The summed E-state index contributed by atoms with van der Waals surface area (Å²) < 4.78 is 11.0. The Morgan fingerprint density at radius 2 is 1.03 bits per heavy atom. The summed E-state index contributed by atoms with van der Waals surface area (Å²) in [5, 5.41) is 0. The summed E-state index contributed by atoms with van der Waals surface area (Å²) in [6.45, 7) is 12.2. The molecule has 0 aromatic rings. The molecule has 0 aromatic carbocycles. The number of hydrogen-bond donors (Lipinski definition) is 0. The zero-order chi connectivity index (χ0) is 25.4. The van der Waals surface area contributed by atoms with Crippen LogP contribution in [0.3, 0.4) is 0 Å². The zero-order valence-corrected chi connectivity index (χ0v) is 23.5. The van der Waals surface area contributed by atoms with Gasteiger partial charge in [-0.1, -0.05) is 112 Å². The number of carbonyl (C=O) groups excluding carboxylic acids is 2. The van der Waals surface area contributed by atoms with E-state index in [1.54, 1.807) is 0 Å². The van der Waals surface area contributed by atoms with Gasteiger partial charge in [0.25, 0.3) is 0 Å². The van der Waals surface area contributed by atoms with Crippen LogP contribution in [0.25, 0.3) is 0 Å². The molecule has 4 heteroatoms. The molecule has 0 aliphatic rings. The molecule has 0 bridgehead atoms. The summed E-state index contributed by atoms with van der Waals surface area (Å²) >= 11 is 0. The standard InChI is InChI=1S/C30H58O4/c1-6-10-19-27(8-3)24-33-29(31)21-17-15-13-12-14-16-18-26(5)22-23-30(32)34-25-28(9-4)20-11-7-2/h26-28H,6-25H2,1-5H3. The molecule has 0 fully saturated rings. The average molecular weight is 483 g/mol. The zero-order valence-electron chi connectivity index (χ0n) is 23.5. The molecular weight excluding hydrogens is 424 g/mol. The second kappa shape index (κ2) is 23.7. The van der Waals surface area contributed by atoms with Crippen molar-refractivity contribution in [2.75, 3.05) is 13.2 Å². The highest BCUT2D eigenvalue weighted by atomic mass is 16.5. The molecule has 0 saturated carbocycles. The first-order valence-corrected chi connectivity index (χ1v) is 14.8. The van der Waals surface area contributed by atoms with Crippen molar-refractivity contribution in [3.63, 3.8) is 0 Å².